The lowest BCUT2D eigenvalue weighted by atomic mass is 10.2. The molecule has 0 aliphatic rings. The summed E-state index contributed by atoms with van der Waals surface area (Å²) in [5.74, 6) is 0.409. The number of rotatable bonds is 8. The Morgan fingerprint density at radius 1 is 1.03 bits per heavy atom. The minimum Gasteiger partial charge on any atom is -0.494 e. The summed E-state index contributed by atoms with van der Waals surface area (Å²) in [6.07, 6.45) is 0. The van der Waals surface area contributed by atoms with Gasteiger partial charge in [0, 0.05) is 32.7 Å². The fourth-order valence-corrected chi connectivity index (χ4v) is 4.82. The first-order chi connectivity index (χ1) is 14.6. The zero-order chi connectivity index (χ0) is 22.8. The molecule has 3 rings (SSSR count). The highest BCUT2D eigenvalue weighted by Crippen LogP contribution is 2.34. The molecule has 8 nitrogen and oxygen atoms in total. The van der Waals surface area contributed by atoms with E-state index in [1.165, 1.54) is 49.7 Å². The number of thiazole rings is 1. The number of methoxy groups -OCH3 is 1. The lowest BCUT2D eigenvalue weighted by molar-refractivity contribution is 0.0985. The normalized spacial score (nSPS) is 12.0. The van der Waals surface area contributed by atoms with Crippen molar-refractivity contribution in [1.29, 1.82) is 0 Å². The van der Waals surface area contributed by atoms with Crippen molar-refractivity contribution in [2.75, 3.05) is 53.3 Å². The molecule has 0 fully saturated rings. The van der Waals surface area contributed by atoms with Gasteiger partial charge in [0.15, 0.2) is 5.13 Å². The Bertz CT molecular complexity index is 1170. The number of amides is 1. The second-order valence-electron chi connectivity index (χ2n) is 7.38. The molecule has 1 heterocycles. The average Bonchev–Trinajstić information content (AvgIpc) is 3.17. The number of carbonyl (C=O) groups is 1. The van der Waals surface area contributed by atoms with Crippen molar-refractivity contribution in [1.82, 2.24) is 14.2 Å². The number of hydrogen-bond donors (Lipinski definition) is 0. The third-order valence-electron chi connectivity index (χ3n) is 4.72. The minimum atomic E-state index is -3.56. The molecule has 31 heavy (non-hydrogen) atoms. The van der Waals surface area contributed by atoms with Gasteiger partial charge in [-0.25, -0.2) is 17.7 Å². The van der Waals surface area contributed by atoms with E-state index in [2.05, 4.69) is 4.98 Å². The summed E-state index contributed by atoms with van der Waals surface area (Å²) in [6, 6.07) is 11.6. The molecule has 1 amide bonds. The molecule has 166 valence electrons. The first-order valence-corrected chi connectivity index (χ1v) is 11.8. The molecule has 0 atom stereocenters. The van der Waals surface area contributed by atoms with Crippen molar-refractivity contribution in [2.45, 2.75) is 4.90 Å². The summed E-state index contributed by atoms with van der Waals surface area (Å²) in [6.45, 7) is 1.08. The molecule has 0 aliphatic heterocycles. The van der Waals surface area contributed by atoms with Crippen LogP contribution >= 0.6 is 11.3 Å². The van der Waals surface area contributed by atoms with Gasteiger partial charge in [-0.2, -0.15) is 0 Å². The van der Waals surface area contributed by atoms with Gasteiger partial charge in [0.1, 0.15) is 11.3 Å². The minimum absolute atomic E-state index is 0.138. The molecule has 0 unspecified atom stereocenters. The van der Waals surface area contributed by atoms with Crippen LogP contribution in [0.5, 0.6) is 5.75 Å². The van der Waals surface area contributed by atoms with Gasteiger partial charge < -0.3 is 9.64 Å². The van der Waals surface area contributed by atoms with Crippen LogP contribution in [0.15, 0.2) is 47.4 Å². The monoisotopic (exact) mass is 462 g/mol. The molecule has 3 aromatic rings. The van der Waals surface area contributed by atoms with Gasteiger partial charge >= 0.3 is 0 Å². The van der Waals surface area contributed by atoms with Gasteiger partial charge in [0.25, 0.3) is 5.91 Å². The molecule has 0 spiro atoms. The van der Waals surface area contributed by atoms with Crippen molar-refractivity contribution in [2.24, 2.45) is 0 Å². The van der Waals surface area contributed by atoms with E-state index >= 15 is 0 Å². The van der Waals surface area contributed by atoms with Gasteiger partial charge in [0.2, 0.25) is 10.0 Å². The van der Waals surface area contributed by atoms with Crippen LogP contribution in [-0.4, -0.2) is 76.9 Å². The Kier molecular flexibility index (Phi) is 6.95. The van der Waals surface area contributed by atoms with Crippen LogP contribution < -0.4 is 9.64 Å². The van der Waals surface area contributed by atoms with Crippen molar-refractivity contribution in [3.8, 4) is 5.75 Å². The molecule has 1 aromatic heterocycles. The van der Waals surface area contributed by atoms with Gasteiger partial charge in [-0.15, -0.1) is 0 Å². The second kappa shape index (κ2) is 9.31. The van der Waals surface area contributed by atoms with E-state index in [1.807, 2.05) is 37.2 Å². The Labute approximate surface area is 186 Å². The highest BCUT2D eigenvalue weighted by molar-refractivity contribution is 7.89. The van der Waals surface area contributed by atoms with Crippen LogP contribution in [-0.2, 0) is 10.0 Å². The van der Waals surface area contributed by atoms with E-state index in [4.69, 9.17) is 4.74 Å². The van der Waals surface area contributed by atoms with E-state index in [9.17, 15) is 13.2 Å². The van der Waals surface area contributed by atoms with Crippen LogP contribution in [0.1, 0.15) is 10.4 Å². The third kappa shape index (κ3) is 4.87. The Balaban J connectivity index is 1.98. The number of benzene rings is 2. The average molecular weight is 463 g/mol. The van der Waals surface area contributed by atoms with Crippen molar-refractivity contribution in [3.63, 3.8) is 0 Å². The predicted molar refractivity (Wildman–Crippen MR) is 124 cm³/mol. The zero-order valence-corrected chi connectivity index (χ0v) is 19.8. The lowest BCUT2D eigenvalue weighted by Gasteiger charge is -2.22. The van der Waals surface area contributed by atoms with Gasteiger partial charge in [-0.3, -0.25) is 9.69 Å². The lowest BCUT2D eigenvalue weighted by Crippen LogP contribution is -2.36. The van der Waals surface area contributed by atoms with Crippen molar-refractivity contribution >= 4 is 42.6 Å². The quantitative estimate of drug-likeness (QED) is 0.512. The molecule has 0 radical (unpaired) electrons. The van der Waals surface area contributed by atoms with Crippen molar-refractivity contribution < 1.29 is 17.9 Å². The molecule has 0 saturated heterocycles. The first-order valence-electron chi connectivity index (χ1n) is 9.58. The van der Waals surface area contributed by atoms with E-state index in [0.29, 0.717) is 35.1 Å². The Morgan fingerprint density at radius 3 is 2.29 bits per heavy atom. The SMILES string of the molecule is COc1cccc2sc(N(CCN(C)C)C(=O)c3ccc(S(=O)(=O)N(C)C)cc3)nc12. The third-order valence-corrected chi connectivity index (χ3v) is 7.59. The van der Waals surface area contributed by atoms with E-state index in [-0.39, 0.29) is 10.8 Å². The fourth-order valence-electron chi connectivity index (χ4n) is 2.91. The molecular formula is C21H26N4O4S2. The molecule has 0 aliphatic carbocycles. The highest BCUT2D eigenvalue weighted by atomic mass is 32.2. The van der Waals surface area contributed by atoms with E-state index in [1.54, 1.807) is 12.0 Å². The number of likely N-dealkylation sites (N-methyl/N-ethyl adjacent to an activating group) is 1. The van der Waals surface area contributed by atoms with Crippen LogP contribution in [0.4, 0.5) is 5.13 Å². The van der Waals surface area contributed by atoms with E-state index in [0.717, 1.165) is 9.01 Å². The van der Waals surface area contributed by atoms with Gasteiger partial charge in [-0.1, -0.05) is 17.4 Å². The van der Waals surface area contributed by atoms with Gasteiger partial charge in [0.05, 0.1) is 16.7 Å². The number of sulfonamides is 1. The Morgan fingerprint density at radius 2 is 1.71 bits per heavy atom. The molecule has 0 N–H and O–H groups in total. The number of anilines is 1. The molecule has 2 aromatic carbocycles. The maximum atomic E-state index is 13.4. The topological polar surface area (TPSA) is 83.0 Å². The Hall–Kier alpha value is -2.53. The van der Waals surface area contributed by atoms with E-state index < -0.39 is 10.0 Å². The smallest absolute Gasteiger partial charge is 0.260 e. The predicted octanol–water partition coefficient (Wildman–Crippen LogP) is 2.76. The number of hydrogen-bond acceptors (Lipinski definition) is 7. The number of aromatic nitrogens is 1. The highest BCUT2D eigenvalue weighted by Gasteiger charge is 2.23. The maximum Gasteiger partial charge on any atom is 0.260 e. The number of nitrogens with zero attached hydrogens (tertiary/aromatic N) is 4. The molecule has 10 heteroatoms. The van der Waals surface area contributed by atoms with Gasteiger partial charge in [-0.05, 0) is 50.5 Å². The van der Waals surface area contributed by atoms with Crippen LogP contribution in [0.3, 0.4) is 0 Å². The summed E-state index contributed by atoms with van der Waals surface area (Å²) < 4.78 is 32.1. The molecular weight excluding hydrogens is 436 g/mol. The largest absolute Gasteiger partial charge is 0.494 e. The summed E-state index contributed by atoms with van der Waals surface area (Å²) in [5, 5.41) is 0.566. The number of ether oxygens (including phenoxy) is 1. The van der Waals surface area contributed by atoms with Crippen LogP contribution in [0, 0.1) is 0 Å². The van der Waals surface area contributed by atoms with Crippen LogP contribution in [0.2, 0.25) is 0 Å². The molecule has 0 bridgehead atoms. The summed E-state index contributed by atoms with van der Waals surface area (Å²) in [7, 11) is 4.84. The zero-order valence-electron chi connectivity index (χ0n) is 18.2. The summed E-state index contributed by atoms with van der Waals surface area (Å²) in [4.78, 5) is 21.8. The fraction of sp³-hybridized carbons (Fsp3) is 0.333. The number of para-hydroxylation sites is 1. The summed E-state index contributed by atoms with van der Waals surface area (Å²) >= 11 is 1.41. The van der Waals surface area contributed by atoms with Crippen LogP contribution in [0.25, 0.3) is 10.2 Å². The standard InChI is InChI=1S/C21H26N4O4S2/c1-23(2)13-14-25(21-22-19-17(29-5)7-6-8-18(19)30-21)20(26)15-9-11-16(12-10-15)31(27,28)24(3)4/h6-12H,13-14H2,1-5H3. The maximum absolute atomic E-state index is 13.4. The first kappa shape index (κ1) is 23.1. The molecule has 0 saturated carbocycles. The number of fused-ring (bicyclic) bond motifs is 1. The summed E-state index contributed by atoms with van der Waals surface area (Å²) in [5.41, 5.74) is 1.10. The number of carbonyl (C=O) groups excluding carboxylic acids is 1. The second-order valence-corrected chi connectivity index (χ2v) is 10.5. The van der Waals surface area contributed by atoms with Crippen molar-refractivity contribution in [3.05, 3.63) is 48.0 Å².